The molecule has 2 atom stereocenters. The van der Waals surface area contributed by atoms with E-state index >= 15 is 0 Å². The van der Waals surface area contributed by atoms with Crippen molar-refractivity contribution < 1.29 is 13.9 Å². The Morgan fingerprint density at radius 1 is 1.50 bits per heavy atom. The van der Waals surface area contributed by atoms with Gasteiger partial charge in [0.25, 0.3) is 0 Å². The molecule has 24 heavy (non-hydrogen) atoms. The Balaban J connectivity index is 1.37. The highest BCUT2D eigenvalue weighted by Crippen LogP contribution is 2.16. The standard InChI is InChI=1S/C17H28N4O3/c1-13-7-19-17(24-13)11-20(2)15-3-5-21(9-15)10-16(22)18-8-14-4-6-23-12-14/h7,14-15H,3-6,8-12H2,1-2H3,(H,18,22)/t14-,15+/m0/s1. The highest BCUT2D eigenvalue weighted by molar-refractivity contribution is 5.78. The van der Waals surface area contributed by atoms with E-state index in [2.05, 4.69) is 27.1 Å². The van der Waals surface area contributed by atoms with Crippen molar-refractivity contribution in [3.63, 3.8) is 0 Å². The van der Waals surface area contributed by atoms with Crippen molar-refractivity contribution in [2.75, 3.05) is 46.4 Å². The summed E-state index contributed by atoms with van der Waals surface area (Å²) in [4.78, 5) is 20.8. The van der Waals surface area contributed by atoms with Crippen LogP contribution in [0.5, 0.6) is 0 Å². The van der Waals surface area contributed by atoms with Crippen LogP contribution in [0.15, 0.2) is 10.6 Å². The van der Waals surface area contributed by atoms with Crippen LogP contribution in [-0.4, -0.2) is 73.2 Å². The average molecular weight is 336 g/mol. The van der Waals surface area contributed by atoms with Crippen LogP contribution in [-0.2, 0) is 16.1 Å². The van der Waals surface area contributed by atoms with Gasteiger partial charge in [-0.3, -0.25) is 14.6 Å². The lowest BCUT2D eigenvalue weighted by Crippen LogP contribution is -2.40. The van der Waals surface area contributed by atoms with Crippen molar-refractivity contribution in [2.24, 2.45) is 5.92 Å². The third-order valence-electron chi connectivity index (χ3n) is 4.90. The second-order valence-corrected chi connectivity index (χ2v) is 6.99. The number of hydrogen-bond acceptors (Lipinski definition) is 6. The molecule has 134 valence electrons. The van der Waals surface area contributed by atoms with Gasteiger partial charge in [0.05, 0.1) is 25.9 Å². The molecule has 2 fully saturated rings. The zero-order valence-corrected chi connectivity index (χ0v) is 14.7. The lowest BCUT2D eigenvalue weighted by molar-refractivity contribution is -0.122. The molecule has 7 nitrogen and oxygen atoms in total. The van der Waals surface area contributed by atoms with Gasteiger partial charge < -0.3 is 14.5 Å². The van der Waals surface area contributed by atoms with Gasteiger partial charge in [-0.25, -0.2) is 4.98 Å². The molecule has 0 saturated carbocycles. The fourth-order valence-corrected chi connectivity index (χ4v) is 3.39. The van der Waals surface area contributed by atoms with E-state index in [0.717, 1.165) is 57.3 Å². The summed E-state index contributed by atoms with van der Waals surface area (Å²) in [7, 11) is 2.09. The monoisotopic (exact) mass is 336 g/mol. The summed E-state index contributed by atoms with van der Waals surface area (Å²) < 4.78 is 10.9. The van der Waals surface area contributed by atoms with E-state index in [-0.39, 0.29) is 5.91 Å². The summed E-state index contributed by atoms with van der Waals surface area (Å²) in [6.45, 7) is 7.30. The molecule has 0 unspecified atom stereocenters. The number of oxazole rings is 1. The molecule has 1 amide bonds. The third kappa shape index (κ3) is 4.78. The number of nitrogens with one attached hydrogen (secondary N) is 1. The van der Waals surface area contributed by atoms with Crippen LogP contribution >= 0.6 is 0 Å². The van der Waals surface area contributed by atoms with E-state index in [4.69, 9.17) is 9.15 Å². The number of likely N-dealkylation sites (tertiary alicyclic amines) is 1. The van der Waals surface area contributed by atoms with Crippen LogP contribution in [0.1, 0.15) is 24.5 Å². The number of hydrogen-bond donors (Lipinski definition) is 1. The van der Waals surface area contributed by atoms with Gasteiger partial charge in [-0.15, -0.1) is 0 Å². The fraction of sp³-hybridized carbons (Fsp3) is 0.765. The minimum Gasteiger partial charge on any atom is -0.445 e. The topological polar surface area (TPSA) is 70.8 Å². The first kappa shape index (κ1) is 17.4. The van der Waals surface area contributed by atoms with Crippen molar-refractivity contribution in [1.29, 1.82) is 0 Å². The number of rotatable bonds is 7. The molecule has 0 spiro atoms. The molecule has 1 aromatic rings. The maximum Gasteiger partial charge on any atom is 0.234 e. The highest BCUT2D eigenvalue weighted by atomic mass is 16.5. The first-order valence-corrected chi connectivity index (χ1v) is 8.78. The van der Waals surface area contributed by atoms with Crippen molar-refractivity contribution in [3.8, 4) is 0 Å². The third-order valence-corrected chi connectivity index (χ3v) is 4.90. The van der Waals surface area contributed by atoms with Crippen LogP contribution in [0.3, 0.4) is 0 Å². The molecule has 2 aliphatic heterocycles. The number of aromatic nitrogens is 1. The van der Waals surface area contributed by atoms with Crippen LogP contribution in [0.4, 0.5) is 0 Å². The summed E-state index contributed by atoms with van der Waals surface area (Å²) in [5.41, 5.74) is 0. The fourth-order valence-electron chi connectivity index (χ4n) is 3.39. The van der Waals surface area contributed by atoms with Crippen LogP contribution in [0, 0.1) is 12.8 Å². The number of amides is 1. The maximum absolute atomic E-state index is 12.1. The molecule has 0 radical (unpaired) electrons. The Morgan fingerprint density at radius 3 is 3.08 bits per heavy atom. The molecular formula is C17H28N4O3. The largest absolute Gasteiger partial charge is 0.445 e. The molecule has 0 bridgehead atoms. The molecule has 0 aliphatic carbocycles. The minimum absolute atomic E-state index is 0.119. The number of likely N-dealkylation sites (N-methyl/N-ethyl adjacent to an activating group) is 1. The average Bonchev–Trinajstić information content (AvgIpc) is 3.27. The van der Waals surface area contributed by atoms with Gasteiger partial charge in [0.2, 0.25) is 11.8 Å². The van der Waals surface area contributed by atoms with Gasteiger partial charge in [-0.2, -0.15) is 0 Å². The van der Waals surface area contributed by atoms with Gasteiger partial charge in [-0.05, 0) is 26.8 Å². The van der Waals surface area contributed by atoms with Gasteiger partial charge in [-0.1, -0.05) is 0 Å². The van der Waals surface area contributed by atoms with E-state index in [1.165, 1.54) is 0 Å². The van der Waals surface area contributed by atoms with Crippen molar-refractivity contribution >= 4 is 5.91 Å². The van der Waals surface area contributed by atoms with E-state index in [9.17, 15) is 4.79 Å². The highest BCUT2D eigenvalue weighted by Gasteiger charge is 2.27. The maximum atomic E-state index is 12.1. The SMILES string of the molecule is Cc1cnc(CN(C)[C@@H]2CCN(CC(=O)NC[C@@H]3CCOC3)C2)o1. The summed E-state index contributed by atoms with van der Waals surface area (Å²) in [6.07, 6.45) is 3.88. The van der Waals surface area contributed by atoms with Crippen molar-refractivity contribution in [1.82, 2.24) is 20.1 Å². The van der Waals surface area contributed by atoms with E-state index in [1.54, 1.807) is 6.20 Å². The van der Waals surface area contributed by atoms with Gasteiger partial charge >= 0.3 is 0 Å². The Bertz CT molecular complexity index is 542. The number of aryl methyl sites for hydroxylation is 1. The number of carbonyl (C=O) groups excluding carboxylic acids is 1. The zero-order valence-electron chi connectivity index (χ0n) is 14.7. The molecule has 3 heterocycles. The number of carbonyl (C=O) groups is 1. The summed E-state index contributed by atoms with van der Waals surface area (Å²) in [6, 6.07) is 0.438. The first-order valence-electron chi connectivity index (χ1n) is 8.78. The van der Waals surface area contributed by atoms with Gasteiger partial charge in [0.1, 0.15) is 5.76 Å². The zero-order chi connectivity index (χ0) is 16.9. The Hall–Kier alpha value is -1.44. The van der Waals surface area contributed by atoms with Crippen LogP contribution in [0.25, 0.3) is 0 Å². The molecule has 2 aliphatic rings. The molecular weight excluding hydrogens is 308 g/mol. The summed E-state index contributed by atoms with van der Waals surface area (Å²) >= 11 is 0. The van der Waals surface area contributed by atoms with Gasteiger partial charge in [0.15, 0.2) is 0 Å². The van der Waals surface area contributed by atoms with E-state index in [0.29, 0.717) is 25.0 Å². The molecule has 3 rings (SSSR count). The predicted octanol–water partition coefficient (Wildman–Crippen LogP) is 0.642. The van der Waals surface area contributed by atoms with Crippen LogP contribution in [0.2, 0.25) is 0 Å². The van der Waals surface area contributed by atoms with E-state index < -0.39 is 0 Å². The van der Waals surface area contributed by atoms with E-state index in [1.807, 2.05) is 6.92 Å². The molecule has 7 heteroatoms. The van der Waals surface area contributed by atoms with Crippen LogP contribution < -0.4 is 5.32 Å². The Morgan fingerprint density at radius 2 is 2.38 bits per heavy atom. The molecule has 2 saturated heterocycles. The molecule has 0 aromatic carbocycles. The second kappa shape index (κ2) is 8.09. The quantitative estimate of drug-likeness (QED) is 0.788. The number of nitrogens with zero attached hydrogens (tertiary/aromatic N) is 3. The Labute approximate surface area is 143 Å². The number of ether oxygens (including phenoxy) is 1. The smallest absolute Gasteiger partial charge is 0.234 e. The second-order valence-electron chi connectivity index (χ2n) is 6.99. The minimum atomic E-state index is 0.119. The van der Waals surface area contributed by atoms with Crippen molar-refractivity contribution in [3.05, 3.63) is 17.8 Å². The molecule has 1 N–H and O–H groups in total. The summed E-state index contributed by atoms with van der Waals surface area (Å²) in [5.74, 6) is 2.20. The first-order chi connectivity index (χ1) is 11.6. The summed E-state index contributed by atoms with van der Waals surface area (Å²) in [5, 5.41) is 3.04. The normalized spacial score (nSPS) is 24.8. The predicted molar refractivity (Wildman–Crippen MR) is 89.5 cm³/mol. The Kier molecular flexibility index (Phi) is 5.86. The molecule has 1 aromatic heterocycles. The lowest BCUT2D eigenvalue weighted by Gasteiger charge is -2.23. The van der Waals surface area contributed by atoms with Crippen molar-refractivity contribution in [2.45, 2.75) is 32.4 Å². The van der Waals surface area contributed by atoms with Gasteiger partial charge in [0, 0.05) is 38.2 Å². The lowest BCUT2D eigenvalue weighted by atomic mass is 10.1.